The van der Waals surface area contributed by atoms with Crippen molar-refractivity contribution in [2.75, 3.05) is 32.8 Å². The molecule has 2 saturated heterocycles. The van der Waals surface area contributed by atoms with E-state index in [4.69, 9.17) is 4.74 Å². The van der Waals surface area contributed by atoms with E-state index in [-0.39, 0.29) is 11.4 Å². The van der Waals surface area contributed by atoms with Gasteiger partial charge in [-0.2, -0.15) is 4.31 Å². The van der Waals surface area contributed by atoms with Crippen LogP contribution in [-0.4, -0.2) is 56.9 Å². The summed E-state index contributed by atoms with van der Waals surface area (Å²) in [5.41, 5.74) is 0. The molecular formula is C17H32N2O3S. The minimum absolute atomic E-state index is 0.0969. The Balaban J connectivity index is 1.33. The molecule has 3 atom stereocenters. The smallest absolute Gasteiger partial charge is 0.216 e. The summed E-state index contributed by atoms with van der Waals surface area (Å²) in [6, 6.07) is 0. The largest absolute Gasteiger partial charge is 0.377 e. The monoisotopic (exact) mass is 344 g/mol. The first kappa shape index (κ1) is 17.6. The highest BCUT2D eigenvalue weighted by atomic mass is 32.2. The molecule has 0 aromatic heterocycles. The summed E-state index contributed by atoms with van der Waals surface area (Å²) in [7, 11) is -3.11. The predicted octanol–water partition coefficient (Wildman–Crippen LogP) is 1.84. The van der Waals surface area contributed by atoms with E-state index in [0.717, 1.165) is 37.2 Å². The maximum Gasteiger partial charge on any atom is 0.216 e. The number of nitrogens with zero attached hydrogens (tertiary/aromatic N) is 1. The highest BCUT2D eigenvalue weighted by Gasteiger charge is 2.42. The summed E-state index contributed by atoms with van der Waals surface area (Å²) < 4.78 is 31.9. The summed E-state index contributed by atoms with van der Waals surface area (Å²) in [6.07, 6.45) is 6.15. The Morgan fingerprint density at radius 2 is 1.96 bits per heavy atom. The fourth-order valence-corrected chi connectivity index (χ4v) is 5.53. The van der Waals surface area contributed by atoms with Gasteiger partial charge in [0.25, 0.3) is 0 Å². The third kappa shape index (κ3) is 4.27. The second kappa shape index (κ2) is 7.38. The summed E-state index contributed by atoms with van der Waals surface area (Å²) in [4.78, 5) is 0. The molecule has 23 heavy (non-hydrogen) atoms. The number of rotatable bonds is 7. The second-order valence-electron chi connectivity index (χ2n) is 7.77. The predicted molar refractivity (Wildman–Crippen MR) is 91.8 cm³/mol. The first-order valence-corrected chi connectivity index (χ1v) is 10.8. The van der Waals surface area contributed by atoms with Crippen molar-refractivity contribution < 1.29 is 13.2 Å². The molecule has 2 aliphatic heterocycles. The van der Waals surface area contributed by atoms with Crippen molar-refractivity contribution in [3.8, 4) is 0 Å². The molecule has 0 spiro atoms. The van der Waals surface area contributed by atoms with Gasteiger partial charge in [-0.15, -0.1) is 0 Å². The molecule has 0 unspecified atom stereocenters. The van der Waals surface area contributed by atoms with Crippen molar-refractivity contribution >= 4 is 10.0 Å². The number of nitrogens with one attached hydrogen (secondary N) is 1. The summed E-state index contributed by atoms with van der Waals surface area (Å²) in [5.74, 6) is 2.72. The standard InChI is InChI=1S/C17H32N2O3S/c1-13(2)23(20,21)19-9-5-16(12-19)22-10-6-15-11-17(15)14-3-7-18-8-4-14/h13-18H,3-12H2,1-2H3/t15-,16+,17-/m1/s1. The Morgan fingerprint density at radius 1 is 1.22 bits per heavy atom. The van der Waals surface area contributed by atoms with Gasteiger partial charge in [-0.3, -0.25) is 0 Å². The van der Waals surface area contributed by atoms with Gasteiger partial charge in [0.2, 0.25) is 10.0 Å². The van der Waals surface area contributed by atoms with Crippen LogP contribution in [0.5, 0.6) is 0 Å². The minimum Gasteiger partial charge on any atom is -0.377 e. The van der Waals surface area contributed by atoms with Crippen molar-refractivity contribution in [2.24, 2.45) is 17.8 Å². The lowest BCUT2D eigenvalue weighted by atomic mass is 9.91. The van der Waals surface area contributed by atoms with E-state index in [1.807, 2.05) is 0 Å². The van der Waals surface area contributed by atoms with E-state index in [1.54, 1.807) is 18.2 Å². The summed E-state index contributed by atoms with van der Waals surface area (Å²) in [5, 5.41) is 3.10. The van der Waals surface area contributed by atoms with E-state index in [1.165, 1.54) is 32.4 Å². The Hall–Kier alpha value is -0.170. The molecule has 3 rings (SSSR count). The molecular weight excluding hydrogens is 312 g/mol. The molecule has 0 bridgehead atoms. The van der Waals surface area contributed by atoms with Crippen LogP contribution in [0.15, 0.2) is 0 Å². The van der Waals surface area contributed by atoms with Crippen LogP contribution in [0.4, 0.5) is 0 Å². The van der Waals surface area contributed by atoms with Crippen LogP contribution < -0.4 is 5.32 Å². The Morgan fingerprint density at radius 3 is 2.65 bits per heavy atom. The highest BCUT2D eigenvalue weighted by Crippen LogP contribution is 2.49. The van der Waals surface area contributed by atoms with E-state index in [9.17, 15) is 8.42 Å². The van der Waals surface area contributed by atoms with Crippen molar-refractivity contribution in [3.63, 3.8) is 0 Å². The first-order valence-electron chi connectivity index (χ1n) is 9.29. The molecule has 3 fully saturated rings. The molecule has 5 nitrogen and oxygen atoms in total. The fourth-order valence-electron chi connectivity index (χ4n) is 4.20. The molecule has 6 heteroatoms. The molecule has 1 aliphatic carbocycles. The fraction of sp³-hybridized carbons (Fsp3) is 1.00. The highest BCUT2D eigenvalue weighted by molar-refractivity contribution is 7.89. The van der Waals surface area contributed by atoms with Crippen LogP contribution in [-0.2, 0) is 14.8 Å². The van der Waals surface area contributed by atoms with Gasteiger partial charge in [0.1, 0.15) is 0 Å². The van der Waals surface area contributed by atoms with E-state index < -0.39 is 10.0 Å². The molecule has 2 heterocycles. The van der Waals surface area contributed by atoms with Crippen molar-refractivity contribution in [1.29, 1.82) is 0 Å². The Labute approximate surface area is 141 Å². The molecule has 0 aromatic rings. The van der Waals surface area contributed by atoms with Crippen LogP contribution in [0.2, 0.25) is 0 Å². The number of piperidine rings is 1. The average Bonchev–Trinajstić information content (AvgIpc) is 3.14. The van der Waals surface area contributed by atoms with Gasteiger partial charge in [0, 0.05) is 19.7 Å². The van der Waals surface area contributed by atoms with Gasteiger partial charge >= 0.3 is 0 Å². The molecule has 0 aromatic carbocycles. The normalized spacial score (nSPS) is 33.4. The molecule has 0 amide bonds. The zero-order valence-electron chi connectivity index (χ0n) is 14.5. The van der Waals surface area contributed by atoms with Gasteiger partial charge in [-0.25, -0.2) is 8.42 Å². The van der Waals surface area contributed by atoms with Gasteiger partial charge in [0.15, 0.2) is 0 Å². The number of ether oxygens (including phenoxy) is 1. The SMILES string of the molecule is CC(C)S(=O)(=O)N1CC[C@H](OCC[C@@H]2C[C@@H]2C2CCNCC2)C1. The van der Waals surface area contributed by atoms with E-state index >= 15 is 0 Å². The van der Waals surface area contributed by atoms with Gasteiger partial charge < -0.3 is 10.1 Å². The quantitative estimate of drug-likeness (QED) is 0.766. The lowest BCUT2D eigenvalue weighted by Crippen LogP contribution is -2.35. The van der Waals surface area contributed by atoms with Crippen molar-refractivity contribution in [1.82, 2.24) is 9.62 Å². The molecule has 134 valence electrons. The van der Waals surface area contributed by atoms with Gasteiger partial charge in [-0.05, 0) is 76.8 Å². The number of hydrogen-bond donors (Lipinski definition) is 1. The van der Waals surface area contributed by atoms with Crippen LogP contribution >= 0.6 is 0 Å². The second-order valence-corrected chi connectivity index (χ2v) is 10.3. The lowest BCUT2D eigenvalue weighted by Gasteiger charge is -2.22. The summed E-state index contributed by atoms with van der Waals surface area (Å²) in [6.45, 7) is 7.83. The molecule has 1 N–H and O–H groups in total. The van der Waals surface area contributed by atoms with Gasteiger partial charge in [-0.1, -0.05) is 0 Å². The molecule has 1 saturated carbocycles. The number of sulfonamides is 1. The van der Waals surface area contributed by atoms with Crippen LogP contribution in [0.25, 0.3) is 0 Å². The van der Waals surface area contributed by atoms with Crippen molar-refractivity contribution in [2.45, 2.75) is 57.3 Å². The average molecular weight is 345 g/mol. The third-order valence-corrected chi connectivity index (χ3v) is 8.12. The summed E-state index contributed by atoms with van der Waals surface area (Å²) >= 11 is 0. The van der Waals surface area contributed by atoms with Crippen LogP contribution in [0.3, 0.4) is 0 Å². The van der Waals surface area contributed by atoms with Crippen LogP contribution in [0, 0.1) is 17.8 Å². The van der Waals surface area contributed by atoms with E-state index in [2.05, 4.69) is 5.32 Å². The minimum atomic E-state index is -3.11. The first-order chi connectivity index (χ1) is 11.0. The molecule has 3 aliphatic rings. The topological polar surface area (TPSA) is 58.6 Å². The van der Waals surface area contributed by atoms with Crippen molar-refractivity contribution in [3.05, 3.63) is 0 Å². The zero-order valence-corrected chi connectivity index (χ0v) is 15.4. The Bertz CT molecular complexity index is 488. The lowest BCUT2D eigenvalue weighted by molar-refractivity contribution is 0.0581. The van der Waals surface area contributed by atoms with Gasteiger partial charge in [0.05, 0.1) is 11.4 Å². The number of hydrogen-bond acceptors (Lipinski definition) is 4. The third-order valence-electron chi connectivity index (χ3n) is 5.87. The Kier molecular flexibility index (Phi) is 5.66. The maximum atomic E-state index is 12.2. The zero-order chi connectivity index (χ0) is 16.4. The van der Waals surface area contributed by atoms with E-state index in [0.29, 0.717) is 13.1 Å². The molecule has 0 radical (unpaired) electrons. The maximum absolute atomic E-state index is 12.2. The van der Waals surface area contributed by atoms with Crippen LogP contribution in [0.1, 0.15) is 46.0 Å².